The summed E-state index contributed by atoms with van der Waals surface area (Å²) in [5.41, 5.74) is -0.604. The lowest BCUT2D eigenvalue weighted by molar-refractivity contribution is -0.384. The van der Waals surface area contributed by atoms with Crippen molar-refractivity contribution in [1.82, 2.24) is 15.5 Å². The highest BCUT2D eigenvalue weighted by atomic mass is 19.1. The van der Waals surface area contributed by atoms with Gasteiger partial charge in [0.05, 0.1) is 10.5 Å². The van der Waals surface area contributed by atoms with Crippen LogP contribution in [0.25, 0.3) is 0 Å². The fourth-order valence-corrected chi connectivity index (χ4v) is 2.16. The van der Waals surface area contributed by atoms with Gasteiger partial charge in [-0.1, -0.05) is 0 Å². The molecule has 2 N–H and O–H groups in total. The van der Waals surface area contributed by atoms with Gasteiger partial charge in [-0.25, -0.2) is 4.39 Å². The van der Waals surface area contributed by atoms with Crippen LogP contribution in [0.5, 0.6) is 0 Å². The monoisotopic (exact) mass is 296 g/mol. The Morgan fingerprint density at radius 2 is 2.14 bits per heavy atom. The fraction of sp³-hybridized carbons (Fsp3) is 0.462. The molecule has 1 saturated heterocycles. The Morgan fingerprint density at radius 3 is 2.81 bits per heavy atom. The van der Waals surface area contributed by atoms with Crippen molar-refractivity contribution in [2.24, 2.45) is 0 Å². The quantitative estimate of drug-likeness (QED) is 0.605. The molecule has 0 aromatic heterocycles. The zero-order valence-corrected chi connectivity index (χ0v) is 11.5. The van der Waals surface area contributed by atoms with E-state index in [1.54, 1.807) is 0 Å². The summed E-state index contributed by atoms with van der Waals surface area (Å²) in [6.07, 6.45) is 0. The minimum Gasteiger partial charge on any atom is -0.351 e. The van der Waals surface area contributed by atoms with Crippen LogP contribution >= 0.6 is 0 Å². The molecule has 21 heavy (non-hydrogen) atoms. The molecule has 0 bridgehead atoms. The van der Waals surface area contributed by atoms with Gasteiger partial charge in [0, 0.05) is 51.4 Å². The van der Waals surface area contributed by atoms with Gasteiger partial charge in [-0.3, -0.25) is 19.8 Å². The summed E-state index contributed by atoms with van der Waals surface area (Å²) in [6, 6.07) is 2.92. The number of halogens is 1. The number of amides is 1. The van der Waals surface area contributed by atoms with Crippen LogP contribution in [0.3, 0.4) is 0 Å². The van der Waals surface area contributed by atoms with Gasteiger partial charge < -0.3 is 10.6 Å². The Balaban J connectivity index is 1.90. The first kappa shape index (κ1) is 15.3. The van der Waals surface area contributed by atoms with Crippen LogP contribution in [-0.4, -0.2) is 55.0 Å². The van der Waals surface area contributed by atoms with Crippen molar-refractivity contribution in [1.29, 1.82) is 0 Å². The number of nitrogens with zero attached hydrogens (tertiary/aromatic N) is 2. The smallest absolute Gasteiger partial charge is 0.270 e. The van der Waals surface area contributed by atoms with E-state index in [1.165, 1.54) is 0 Å². The molecule has 0 saturated carbocycles. The maximum absolute atomic E-state index is 13.6. The number of nitrogens with one attached hydrogen (secondary N) is 2. The van der Waals surface area contributed by atoms with Crippen LogP contribution < -0.4 is 10.6 Å². The van der Waals surface area contributed by atoms with Gasteiger partial charge in [0.1, 0.15) is 5.82 Å². The molecule has 1 heterocycles. The highest BCUT2D eigenvalue weighted by Gasteiger charge is 2.17. The van der Waals surface area contributed by atoms with E-state index in [0.29, 0.717) is 13.1 Å². The van der Waals surface area contributed by atoms with Crippen LogP contribution in [0.4, 0.5) is 10.1 Å². The number of rotatable bonds is 5. The minimum atomic E-state index is -0.764. The Hall–Kier alpha value is -2.06. The average Bonchev–Trinajstić information content (AvgIpc) is 2.48. The number of hydrogen-bond donors (Lipinski definition) is 2. The van der Waals surface area contributed by atoms with Crippen molar-refractivity contribution in [3.05, 3.63) is 39.7 Å². The number of carbonyl (C=O) groups excluding carboxylic acids is 1. The highest BCUT2D eigenvalue weighted by molar-refractivity contribution is 5.95. The Labute approximate surface area is 121 Å². The highest BCUT2D eigenvalue weighted by Crippen LogP contribution is 2.16. The first-order valence-corrected chi connectivity index (χ1v) is 6.73. The standard InChI is InChI=1S/C13H17FN4O3/c14-12-2-1-10(18(20)21)9-11(12)13(19)16-5-8-17-6-3-15-4-7-17/h1-2,9,15H,3-8H2,(H,16,19). The second-order valence-corrected chi connectivity index (χ2v) is 4.77. The molecule has 1 aromatic carbocycles. The lowest BCUT2D eigenvalue weighted by Gasteiger charge is -2.27. The number of benzene rings is 1. The lowest BCUT2D eigenvalue weighted by Crippen LogP contribution is -2.46. The molecule has 0 spiro atoms. The van der Waals surface area contributed by atoms with Gasteiger partial charge in [-0.15, -0.1) is 0 Å². The van der Waals surface area contributed by atoms with Crippen molar-refractivity contribution >= 4 is 11.6 Å². The average molecular weight is 296 g/mol. The number of nitro benzene ring substituents is 1. The van der Waals surface area contributed by atoms with E-state index < -0.39 is 16.6 Å². The molecule has 0 atom stereocenters. The largest absolute Gasteiger partial charge is 0.351 e. The summed E-state index contributed by atoms with van der Waals surface area (Å²) in [4.78, 5) is 24.0. The molecule has 114 valence electrons. The van der Waals surface area contributed by atoms with Gasteiger partial charge in [0.15, 0.2) is 0 Å². The van der Waals surface area contributed by atoms with Gasteiger partial charge >= 0.3 is 0 Å². The van der Waals surface area contributed by atoms with E-state index in [0.717, 1.165) is 44.4 Å². The number of hydrogen-bond acceptors (Lipinski definition) is 5. The van der Waals surface area contributed by atoms with E-state index in [2.05, 4.69) is 15.5 Å². The van der Waals surface area contributed by atoms with Crippen molar-refractivity contribution in [2.45, 2.75) is 0 Å². The normalized spacial score (nSPS) is 15.7. The third-order valence-electron chi connectivity index (χ3n) is 3.33. The van der Waals surface area contributed by atoms with Crippen molar-refractivity contribution in [3.63, 3.8) is 0 Å². The van der Waals surface area contributed by atoms with Crippen molar-refractivity contribution in [2.75, 3.05) is 39.3 Å². The number of non-ortho nitro benzene ring substituents is 1. The molecule has 0 radical (unpaired) electrons. The summed E-state index contributed by atoms with van der Waals surface area (Å²) in [5.74, 6) is -1.40. The Bertz CT molecular complexity index is 532. The molecule has 0 unspecified atom stereocenters. The van der Waals surface area contributed by atoms with Crippen molar-refractivity contribution in [3.8, 4) is 0 Å². The summed E-state index contributed by atoms with van der Waals surface area (Å²) < 4.78 is 13.6. The first-order chi connectivity index (χ1) is 10.1. The van der Waals surface area contributed by atoms with E-state index >= 15 is 0 Å². The first-order valence-electron chi connectivity index (χ1n) is 6.73. The van der Waals surface area contributed by atoms with Crippen LogP contribution in [0.2, 0.25) is 0 Å². The van der Waals surface area contributed by atoms with Crippen LogP contribution in [0, 0.1) is 15.9 Å². The number of carbonyl (C=O) groups is 1. The summed E-state index contributed by atoms with van der Waals surface area (Å²) in [5, 5.41) is 16.5. The predicted octanol–water partition coefficient (Wildman–Crippen LogP) is 0.369. The Kier molecular flexibility index (Phi) is 5.18. The molecule has 1 amide bonds. The number of piperazine rings is 1. The molecule has 2 rings (SSSR count). The minimum absolute atomic E-state index is 0.301. The van der Waals surface area contributed by atoms with Gasteiger partial charge in [-0.2, -0.15) is 0 Å². The summed E-state index contributed by atoms with van der Waals surface area (Å²) >= 11 is 0. The predicted molar refractivity (Wildman–Crippen MR) is 74.7 cm³/mol. The fourth-order valence-electron chi connectivity index (χ4n) is 2.16. The molecule has 7 nitrogen and oxygen atoms in total. The lowest BCUT2D eigenvalue weighted by atomic mass is 10.1. The number of nitro groups is 1. The zero-order chi connectivity index (χ0) is 15.2. The summed E-state index contributed by atoms with van der Waals surface area (Å²) in [7, 11) is 0. The van der Waals surface area contributed by atoms with Gasteiger partial charge in [-0.05, 0) is 6.07 Å². The second kappa shape index (κ2) is 7.09. The topological polar surface area (TPSA) is 87.5 Å². The SMILES string of the molecule is O=C(NCCN1CCNCC1)c1cc([N+](=O)[O-])ccc1F. The molecule has 1 aromatic rings. The van der Waals surface area contributed by atoms with E-state index in [1.807, 2.05) is 0 Å². The Morgan fingerprint density at radius 1 is 1.43 bits per heavy atom. The molecule has 1 aliphatic heterocycles. The zero-order valence-electron chi connectivity index (χ0n) is 11.5. The molecular formula is C13H17FN4O3. The van der Waals surface area contributed by atoms with Crippen LogP contribution in [-0.2, 0) is 0 Å². The van der Waals surface area contributed by atoms with Gasteiger partial charge in [0.2, 0.25) is 0 Å². The van der Waals surface area contributed by atoms with E-state index in [-0.39, 0.29) is 11.3 Å². The molecule has 1 fully saturated rings. The maximum Gasteiger partial charge on any atom is 0.270 e. The van der Waals surface area contributed by atoms with Crippen LogP contribution in [0.1, 0.15) is 10.4 Å². The second-order valence-electron chi connectivity index (χ2n) is 4.77. The molecule has 0 aliphatic carbocycles. The summed E-state index contributed by atoms with van der Waals surface area (Å²) in [6.45, 7) is 4.67. The maximum atomic E-state index is 13.6. The molecule has 8 heteroatoms. The van der Waals surface area contributed by atoms with Crippen molar-refractivity contribution < 1.29 is 14.1 Å². The van der Waals surface area contributed by atoms with Gasteiger partial charge in [0.25, 0.3) is 11.6 Å². The van der Waals surface area contributed by atoms with E-state index in [4.69, 9.17) is 0 Å². The molecular weight excluding hydrogens is 279 g/mol. The van der Waals surface area contributed by atoms with E-state index in [9.17, 15) is 19.3 Å². The molecule has 1 aliphatic rings. The van der Waals surface area contributed by atoms with Crippen LogP contribution in [0.15, 0.2) is 18.2 Å². The third kappa shape index (κ3) is 4.20. The third-order valence-corrected chi connectivity index (χ3v) is 3.33.